The number of hydrogen-bond donors (Lipinski definition) is 0. The predicted molar refractivity (Wildman–Crippen MR) is 92.9 cm³/mol. The van der Waals surface area contributed by atoms with E-state index in [4.69, 9.17) is 14.2 Å². The molecule has 3 heterocycles. The van der Waals surface area contributed by atoms with Crippen LogP contribution in [0.4, 0.5) is 0 Å². The highest BCUT2D eigenvalue weighted by Gasteiger charge is 2.44. The summed E-state index contributed by atoms with van der Waals surface area (Å²) in [7, 11) is 5.61. The maximum Gasteiger partial charge on any atom is 0.259 e. The van der Waals surface area contributed by atoms with Crippen LogP contribution in [-0.2, 0) is 9.47 Å². The third-order valence-corrected chi connectivity index (χ3v) is 4.74. The average Bonchev–Trinajstić information content (AvgIpc) is 2.85. The number of likely N-dealkylation sites (N-methyl/N-ethyl adjacent to an activating group) is 1. The van der Waals surface area contributed by atoms with Crippen molar-refractivity contribution in [1.82, 2.24) is 14.8 Å². The smallest absolute Gasteiger partial charge is 0.259 e. The first-order valence-corrected chi connectivity index (χ1v) is 8.71. The van der Waals surface area contributed by atoms with Crippen molar-refractivity contribution in [2.75, 3.05) is 54.1 Å². The normalized spacial score (nSPS) is 26.9. The summed E-state index contributed by atoms with van der Waals surface area (Å²) in [4.78, 5) is 21.1. The quantitative estimate of drug-likeness (QED) is 0.809. The fraction of sp³-hybridized carbons (Fsp3) is 0.667. The largest absolute Gasteiger partial charge is 0.480 e. The zero-order chi connectivity index (χ0) is 17.9. The van der Waals surface area contributed by atoms with Crippen molar-refractivity contribution in [3.63, 3.8) is 0 Å². The van der Waals surface area contributed by atoms with Crippen molar-refractivity contribution in [3.05, 3.63) is 23.9 Å². The minimum Gasteiger partial charge on any atom is -0.480 e. The number of nitrogens with zero attached hydrogens (tertiary/aromatic N) is 3. The molecule has 3 rings (SSSR count). The Kier molecular flexibility index (Phi) is 5.56. The van der Waals surface area contributed by atoms with Crippen LogP contribution in [0.5, 0.6) is 5.88 Å². The van der Waals surface area contributed by atoms with Gasteiger partial charge in [0, 0.05) is 19.3 Å². The van der Waals surface area contributed by atoms with E-state index in [1.165, 1.54) is 7.11 Å². The van der Waals surface area contributed by atoms with Gasteiger partial charge >= 0.3 is 0 Å². The summed E-state index contributed by atoms with van der Waals surface area (Å²) in [6.07, 6.45) is 3.69. The molecule has 25 heavy (non-hydrogen) atoms. The number of amides is 1. The molecule has 2 aliphatic heterocycles. The van der Waals surface area contributed by atoms with Gasteiger partial charge in [0.1, 0.15) is 11.2 Å². The average molecular weight is 349 g/mol. The Bertz CT molecular complexity index is 610. The van der Waals surface area contributed by atoms with E-state index >= 15 is 0 Å². The van der Waals surface area contributed by atoms with Crippen LogP contribution in [0.15, 0.2) is 18.3 Å². The number of hydrogen-bond acceptors (Lipinski definition) is 6. The highest BCUT2D eigenvalue weighted by atomic mass is 16.6. The molecule has 1 aromatic heterocycles. The topological polar surface area (TPSA) is 64.1 Å². The van der Waals surface area contributed by atoms with E-state index in [0.717, 1.165) is 19.4 Å². The minimum atomic E-state index is -0.414. The molecule has 7 heteroatoms. The third-order valence-electron chi connectivity index (χ3n) is 4.74. The predicted octanol–water partition coefficient (Wildman–Crippen LogP) is 1.04. The standard InChI is InChI=1S/C18H27N3O4/c1-20(2)11-14-6-7-18(25-14)12-21(9-10-24-13-18)17(22)15-5-4-8-19-16(15)23-3/h4-5,8,14H,6-7,9-13H2,1-3H3/t14-,18-/m0/s1. The van der Waals surface area contributed by atoms with Gasteiger partial charge < -0.3 is 24.0 Å². The van der Waals surface area contributed by atoms with Gasteiger partial charge in [-0.3, -0.25) is 4.79 Å². The fourth-order valence-corrected chi connectivity index (χ4v) is 3.62. The Morgan fingerprint density at radius 2 is 2.36 bits per heavy atom. The van der Waals surface area contributed by atoms with Gasteiger partial charge in [-0.2, -0.15) is 0 Å². The summed E-state index contributed by atoms with van der Waals surface area (Å²) < 4.78 is 17.4. The van der Waals surface area contributed by atoms with Crippen LogP contribution in [0.1, 0.15) is 23.2 Å². The lowest BCUT2D eigenvalue weighted by atomic mass is 9.99. The van der Waals surface area contributed by atoms with Gasteiger partial charge in [0.15, 0.2) is 0 Å². The van der Waals surface area contributed by atoms with Crippen LogP contribution in [0.3, 0.4) is 0 Å². The second-order valence-corrected chi connectivity index (χ2v) is 7.06. The zero-order valence-electron chi connectivity index (χ0n) is 15.2. The molecule has 2 atom stereocenters. The molecule has 0 radical (unpaired) electrons. The number of methoxy groups -OCH3 is 1. The van der Waals surface area contributed by atoms with Gasteiger partial charge in [-0.05, 0) is 39.1 Å². The van der Waals surface area contributed by atoms with E-state index < -0.39 is 5.60 Å². The van der Waals surface area contributed by atoms with E-state index in [-0.39, 0.29) is 12.0 Å². The van der Waals surface area contributed by atoms with Crippen molar-refractivity contribution in [2.45, 2.75) is 24.5 Å². The van der Waals surface area contributed by atoms with E-state index in [1.807, 2.05) is 19.0 Å². The van der Waals surface area contributed by atoms with Crippen molar-refractivity contribution in [3.8, 4) is 5.88 Å². The second-order valence-electron chi connectivity index (χ2n) is 7.06. The molecular formula is C18H27N3O4. The molecule has 0 saturated carbocycles. The monoisotopic (exact) mass is 349 g/mol. The number of rotatable bonds is 4. The number of carbonyl (C=O) groups is 1. The third kappa shape index (κ3) is 4.11. The number of ether oxygens (including phenoxy) is 3. The van der Waals surface area contributed by atoms with Crippen molar-refractivity contribution < 1.29 is 19.0 Å². The Labute approximate surface area is 148 Å². The molecule has 2 saturated heterocycles. The highest BCUT2D eigenvalue weighted by Crippen LogP contribution is 2.34. The van der Waals surface area contributed by atoms with Gasteiger partial charge in [0.2, 0.25) is 5.88 Å². The van der Waals surface area contributed by atoms with Crippen LogP contribution in [0.25, 0.3) is 0 Å². The summed E-state index contributed by atoms with van der Waals surface area (Å²) >= 11 is 0. The molecule has 2 aliphatic rings. The molecule has 0 bridgehead atoms. The Morgan fingerprint density at radius 1 is 1.52 bits per heavy atom. The van der Waals surface area contributed by atoms with Gasteiger partial charge in [-0.15, -0.1) is 0 Å². The fourth-order valence-electron chi connectivity index (χ4n) is 3.62. The van der Waals surface area contributed by atoms with E-state index in [2.05, 4.69) is 9.88 Å². The summed E-state index contributed by atoms with van der Waals surface area (Å²) in [6.45, 7) is 3.00. The summed E-state index contributed by atoms with van der Waals surface area (Å²) in [5.74, 6) is 0.263. The molecule has 0 aliphatic carbocycles. The minimum absolute atomic E-state index is 0.0884. The SMILES string of the molecule is COc1ncccc1C(=O)N1CCOC[C@]2(CC[C@@H](CN(C)C)O2)C1. The van der Waals surface area contributed by atoms with Crippen molar-refractivity contribution >= 4 is 5.91 Å². The summed E-state index contributed by atoms with van der Waals surface area (Å²) in [5.41, 5.74) is 0.0623. The molecule has 7 nitrogen and oxygen atoms in total. The number of carbonyl (C=O) groups excluding carboxylic acids is 1. The maximum atomic E-state index is 13.0. The van der Waals surface area contributed by atoms with Crippen molar-refractivity contribution in [1.29, 1.82) is 0 Å². The van der Waals surface area contributed by atoms with Crippen LogP contribution < -0.4 is 4.74 Å². The Balaban J connectivity index is 1.75. The first kappa shape index (κ1) is 18.1. The molecule has 138 valence electrons. The van der Waals surface area contributed by atoms with Crippen LogP contribution in [0.2, 0.25) is 0 Å². The molecule has 1 amide bonds. The van der Waals surface area contributed by atoms with E-state index in [1.54, 1.807) is 18.3 Å². The Hall–Kier alpha value is -1.70. The lowest BCUT2D eigenvalue weighted by Gasteiger charge is -2.32. The van der Waals surface area contributed by atoms with Gasteiger partial charge in [-0.1, -0.05) is 0 Å². The van der Waals surface area contributed by atoms with E-state index in [9.17, 15) is 4.79 Å². The lowest BCUT2D eigenvalue weighted by Crippen LogP contribution is -2.47. The van der Waals surface area contributed by atoms with Crippen LogP contribution in [-0.4, -0.2) is 86.4 Å². The van der Waals surface area contributed by atoms with Crippen molar-refractivity contribution in [2.24, 2.45) is 0 Å². The zero-order valence-corrected chi connectivity index (χ0v) is 15.2. The summed E-state index contributed by atoms with van der Waals surface area (Å²) in [6, 6.07) is 3.50. The molecule has 0 aromatic carbocycles. The van der Waals surface area contributed by atoms with Gasteiger partial charge in [0.25, 0.3) is 5.91 Å². The molecule has 0 unspecified atom stereocenters. The first-order chi connectivity index (χ1) is 12.0. The summed E-state index contributed by atoms with van der Waals surface area (Å²) in [5, 5.41) is 0. The molecule has 2 fully saturated rings. The molecule has 1 spiro atoms. The number of pyridine rings is 1. The first-order valence-electron chi connectivity index (χ1n) is 8.71. The second kappa shape index (κ2) is 7.68. The highest BCUT2D eigenvalue weighted by molar-refractivity contribution is 5.96. The van der Waals surface area contributed by atoms with Crippen LogP contribution in [0, 0.1) is 0 Å². The maximum absolute atomic E-state index is 13.0. The molecule has 1 aromatic rings. The van der Waals surface area contributed by atoms with E-state index in [0.29, 0.717) is 37.7 Å². The van der Waals surface area contributed by atoms with Gasteiger partial charge in [0.05, 0.1) is 33.0 Å². The lowest BCUT2D eigenvalue weighted by molar-refractivity contribution is -0.0878. The molecular weight excluding hydrogens is 322 g/mol. The molecule has 0 N–H and O–H groups in total. The number of aromatic nitrogens is 1. The van der Waals surface area contributed by atoms with Gasteiger partial charge in [-0.25, -0.2) is 4.98 Å². The Morgan fingerprint density at radius 3 is 3.12 bits per heavy atom. The van der Waals surface area contributed by atoms with Crippen LogP contribution >= 0.6 is 0 Å².